The van der Waals surface area contributed by atoms with Gasteiger partial charge >= 0.3 is 5.69 Å². The fourth-order valence-corrected chi connectivity index (χ4v) is 2.33. The molecule has 0 aliphatic heterocycles. The summed E-state index contributed by atoms with van der Waals surface area (Å²) in [4.78, 5) is 28.7. The molecule has 0 aromatic carbocycles. The van der Waals surface area contributed by atoms with Crippen LogP contribution in [0.3, 0.4) is 0 Å². The Labute approximate surface area is 116 Å². The van der Waals surface area contributed by atoms with Crippen molar-refractivity contribution in [2.24, 2.45) is 14.1 Å². The maximum Gasteiger partial charge on any atom is 0.332 e. The molecule has 2 aromatic rings. The van der Waals surface area contributed by atoms with Crippen LogP contribution in [0.1, 0.15) is 33.2 Å². The highest BCUT2D eigenvalue weighted by molar-refractivity contribution is 5.74. The minimum Gasteiger partial charge on any atom is -0.356 e. The van der Waals surface area contributed by atoms with E-state index in [-0.39, 0.29) is 17.3 Å². The number of nitrogens with one attached hydrogen (secondary N) is 1. The Balaban J connectivity index is 2.97. The maximum absolute atomic E-state index is 12.2. The number of anilines is 1. The molecule has 0 amide bonds. The van der Waals surface area contributed by atoms with Gasteiger partial charge in [-0.15, -0.1) is 0 Å². The average Bonchev–Trinajstić information content (AvgIpc) is 2.82. The highest BCUT2D eigenvalue weighted by Gasteiger charge is 2.20. The van der Waals surface area contributed by atoms with Gasteiger partial charge in [0.05, 0.1) is 0 Å². The van der Waals surface area contributed by atoms with Gasteiger partial charge in [0, 0.05) is 26.7 Å². The lowest BCUT2D eigenvalue weighted by Gasteiger charge is -2.17. The predicted molar refractivity (Wildman–Crippen MR) is 79.4 cm³/mol. The molecule has 2 aromatic heterocycles. The smallest absolute Gasteiger partial charge is 0.332 e. The van der Waals surface area contributed by atoms with E-state index in [1.54, 1.807) is 7.05 Å². The van der Waals surface area contributed by atoms with E-state index in [9.17, 15) is 9.59 Å². The molecule has 2 heterocycles. The Morgan fingerprint density at radius 2 is 1.85 bits per heavy atom. The summed E-state index contributed by atoms with van der Waals surface area (Å²) < 4.78 is 4.50. The lowest BCUT2D eigenvalue weighted by molar-refractivity contribution is 0.536. The third-order valence-corrected chi connectivity index (χ3v) is 3.65. The van der Waals surface area contributed by atoms with Gasteiger partial charge in [0.15, 0.2) is 11.2 Å². The van der Waals surface area contributed by atoms with Gasteiger partial charge in [0.25, 0.3) is 5.56 Å². The van der Waals surface area contributed by atoms with Crippen LogP contribution in [0.15, 0.2) is 9.59 Å². The first-order valence-corrected chi connectivity index (χ1v) is 6.85. The zero-order valence-corrected chi connectivity index (χ0v) is 12.6. The molecule has 0 saturated carbocycles. The van der Waals surface area contributed by atoms with E-state index in [2.05, 4.69) is 17.2 Å². The zero-order valence-electron chi connectivity index (χ0n) is 12.6. The number of hydrogen-bond acceptors (Lipinski definition) is 4. The molecule has 0 bridgehead atoms. The Morgan fingerprint density at radius 3 is 2.40 bits per heavy atom. The van der Waals surface area contributed by atoms with E-state index < -0.39 is 0 Å². The summed E-state index contributed by atoms with van der Waals surface area (Å²) in [7, 11) is 3.14. The van der Waals surface area contributed by atoms with Crippen LogP contribution in [0.25, 0.3) is 11.2 Å². The Morgan fingerprint density at radius 1 is 1.20 bits per heavy atom. The molecule has 0 aliphatic carbocycles. The minimum absolute atomic E-state index is 0.145. The van der Waals surface area contributed by atoms with Crippen molar-refractivity contribution >= 4 is 17.1 Å². The first kappa shape index (κ1) is 14.4. The average molecular weight is 279 g/mol. The molecule has 0 aliphatic rings. The summed E-state index contributed by atoms with van der Waals surface area (Å²) in [5.41, 5.74) is 0.202. The molecule has 0 radical (unpaired) electrons. The first-order chi connectivity index (χ1) is 9.43. The van der Waals surface area contributed by atoms with E-state index in [0.717, 1.165) is 11.0 Å². The lowest BCUT2D eigenvalue weighted by Crippen LogP contribution is -2.37. The van der Waals surface area contributed by atoms with Crippen molar-refractivity contribution in [1.29, 1.82) is 0 Å². The van der Waals surface area contributed by atoms with Gasteiger partial charge in [-0.3, -0.25) is 18.5 Å². The van der Waals surface area contributed by atoms with Crippen LogP contribution in [0.4, 0.5) is 5.95 Å². The number of imidazole rings is 1. The highest BCUT2D eigenvalue weighted by atomic mass is 16.2. The van der Waals surface area contributed by atoms with E-state index in [0.29, 0.717) is 23.7 Å². The fourth-order valence-electron chi connectivity index (χ4n) is 2.33. The highest BCUT2D eigenvalue weighted by Crippen LogP contribution is 2.23. The van der Waals surface area contributed by atoms with Crippen LogP contribution in [-0.4, -0.2) is 25.2 Å². The number of aromatic nitrogens is 4. The van der Waals surface area contributed by atoms with Crippen LogP contribution < -0.4 is 16.6 Å². The van der Waals surface area contributed by atoms with Crippen LogP contribution >= 0.6 is 0 Å². The molecule has 110 valence electrons. The second-order valence-electron chi connectivity index (χ2n) is 4.97. The molecule has 0 saturated heterocycles. The Kier molecular flexibility index (Phi) is 3.69. The molecular formula is C13H21N5O2. The normalized spacial score (nSPS) is 12.8. The molecule has 20 heavy (non-hydrogen) atoms. The van der Waals surface area contributed by atoms with Gasteiger partial charge in [-0.1, -0.05) is 6.92 Å². The van der Waals surface area contributed by atoms with Crippen LogP contribution in [0, 0.1) is 0 Å². The van der Waals surface area contributed by atoms with E-state index in [4.69, 9.17) is 0 Å². The zero-order chi connectivity index (χ0) is 15.0. The topological polar surface area (TPSA) is 73.8 Å². The van der Waals surface area contributed by atoms with E-state index in [1.165, 1.54) is 11.6 Å². The minimum atomic E-state index is -0.357. The standard InChI is InChI=1S/C13H21N5O2/c1-6-8(3)18-10-9(15-12(18)14-7-2)11(19)17(5)13(20)16(10)4/h8H,6-7H2,1-5H3,(H,14,15). The monoisotopic (exact) mass is 279 g/mol. The van der Waals surface area contributed by atoms with Crippen molar-refractivity contribution in [2.45, 2.75) is 33.2 Å². The molecule has 7 nitrogen and oxygen atoms in total. The SMILES string of the molecule is CCNc1nc2c(=O)n(C)c(=O)n(C)c2n1C(C)CC. The fraction of sp³-hybridized carbons (Fsp3) is 0.615. The maximum atomic E-state index is 12.2. The van der Waals surface area contributed by atoms with E-state index in [1.807, 2.05) is 18.4 Å². The number of aryl methyl sites for hydroxylation is 1. The molecule has 1 N–H and O–H groups in total. The summed E-state index contributed by atoms with van der Waals surface area (Å²) >= 11 is 0. The third-order valence-electron chi connectivity index (χ3n) is 3.65. The number of hydrogen-bond donors (Lipinski definition) is 1. The number of nitrogens with zero attached hydrogens (tertiary/aromatic N) is 4. The van der Waals surface area contributed by atoms with E-state index >= 15 is 0 Å². The van der Waals surface area contributed by atoms with Crippen LogP contribution in [0.2, 0.25) is 0 Å². The van der Waals surface area contributed by atoms with Gasteiger partial charge in [-0.05, 0) is 20.3 Å². The number of rotatable bonds is 4. The molecule has 1 atom stereocenters. The molecular weight excluding hydrogens is 258 g/mol. The van der Waals surface area contributed by atoms with Gasteiger partial charge in [0.2, 0.25) is 5.95 Å². The molecule has 0 fully saturated rings. The van der Waals surface area contributed by atoms with Gasteiger partial charge < -0.3 is 5.32 Å². The molecule has 2 rings (SSSR count). The summed E-state index contributed by atoms with van der Waals surface area (Å²) in [5, 5.41) is 3.16. The van der Waals surface area contributed by atoms with Crippen molar-refractivity contribution < 1.29 is 0 Å². The van der Waals surface area contributed by atoms with Crippen LogP contribution in [-0.2, 0) is 14.1 Å². The Bertz CT molecular complexity index is 753. The lowest BCUT2D eigenvalue weighted by atomic mass is 10.2. The first-order valence-electron chi connectivity index (χ1n) is 6.85. The summed E-state index contributed by atoms with van der Waals surface area (Å²) in [6, 6.07) is 0.145. The molecule has 7 heteroatoms. The summed E-state index contributed by atoms with van der Waals surface area (Å²) in [6.07, 6.45) is 0.882. The van der Waals surface area contributed by atoms with Crippen molar-refractivity contribution in [1.82, 2.24) is 18.7 Å². The molecule has 1 unspecified atom stereocenters. The predicted octanol–water partition coefficient (Wildman–Crippen LogP) is 0.836. The summed E-state index contributed by atoms with van der Waals surface area (Å²) in [6.45, 7) is 6.78. The third kappa shape index (κ3) is 1.93. The van der Waals surface area contributed by atoms with Crippen molar-refractivity contribution in [2.75, 3.05) is 11.9 Å². The van der Waals surface area contributed by atoms with Crippen molar-refractivity contribution in [3.8, 4) is 0 Å². The number of fused-ring (bicyclic) bond motifs is 1. The van der Waals surface area contributed by atoms with Crippen molar-refractivity contribution in [3.05, 3.63) is 20.8 Å². The second-order valence-corrected chi connectivity index (χ2v) is 4.97. The molecule has 0 spiro atoms. The second kappa shape index (κ2) is 5.15. The summed E-state index contributed by atoms with van der Waals surface area (Å²) in [5.74, 6) is 0.634. The van der Waals surface area contributed by atoms with Crippen molar-refractivity contribution in [3.63, 3.8) is 0 Å². The van der Waals surface area contributed by atoms with Crippen LogP contribution in [0.5, 0.6) is 0 Å². The van der Waals surface area contributed by atoms with Gasteiger partial charge in [-0.2, -0.15) is 0 Å². The van der Waals surface area contributed by atoms with Gasteiger partial charge in [0.1, 0.15) is 0 Å². The largest absolute Gasteiger partial charge is 0.356 e. The quantitative estimate of drug-likeness (QED) is 0.900. The Hall–Kier alpha value is -2.05. The van der Waals surface area contributed by atoms with Gasteiger partial charge in [-0.25, -0.2) is 9.78 Å².